The van der Waals surface area contributed by atoms with E-state index in [0.717, 1.165) is 4.31 Å². The lowest BCUT2D eigenvalue weighted by Crippen LogP contribution is -2.44. The second-order valence-electron chi connectivity index (χ2n) is 6.85. The Morgan fingerprint density at radius 2 is 1.71 bits per heavy atom. The molecule has 0 spiro atoms. The van der Waals surface area contributed by atoms with E-state index in [0.29, 0.717) is 11.4 Å². The first kappa shape index (κ1) is 18.0. The smallest absolute Gasteiger partial charge is 0.250 e. The van der Waals surface area contributed by atoms with Gasteiger partial charge in [-0.15, -0.1) is 0 Å². The summed E-state index contributed by atoms with van der Waals surface area (Å²) in [5.41, 5.74) is 6.33. The largest absolute Gasteiger partial charge is 0.542 e. The fourth-order valence-corrected chi connectivity index (χ4v) is 3.40. The van der Waals surface area contributed by atoms with Gasteiger partial charge in [-0.2, -0.15) is 0 Å². The summed E-state index contributed by atoms with van der Waals surface area (Å²) in [7, 11) is -2.50. The van der Waals surface area contributed by atoms with Crippen LogP contribution in [0.25, 0.3) is 0 Å². The summed E-state index contributed by atoms with van der Waals surface area (Å²) < 4.78 is 31.4. The summed E-state index contributed by atoms with van der Waals surface area (Å²) in [4.78, 5) is 0.174. The van der Waals surface area contributed by atoms with E-state index in [1.165, 1.54) is 26.2 Å². The molecule has 0 unspecified atom stereocenters. The van der Waals surface area contributed by atoms with Crippen molar-refractivity contribution in [3.63, 3.8) is 0 Å². The SMILES string of the molecule is CN(C)S(=O)(=O)c1ccc(O[Si](C)(C)C(C)(C)C)c(N)c1. The van der Waals surface area contributed by atoms with Crippen molar-refractivity contribution in [2.75, 3.05) is 19.8 Å². The standard InChI is InChI=1S/C14H26N2O3SSi/c1-14(2,3)21(6,7)19-13-9-8-11(10-12(13)15)20(17,18)16(4)5/h8-10H,15H2,1-7H3. The summed E-state index contributed by atoms with van der Waals surface area (Å²) in [5, 5.41) is 0.0494. The van der Waals surface area contributed by atoms with Crippen LogP contribution in [0.15, 0.2) is 23.1 Å². The number of rotatable bonds is 4. The van der Waals surface area contributed by atoms with Crippen molar-refractivity contribution in [1.82, 2.24) is 4.31 Å². The highest BCUT2D eigenvalue weighted by atomic mass is 32.2. The molecule has 0 radical (unpaired) electrons. The minimum absolute atomic E-state index is 0.0494. The molecule has 21 heavy (non-hydrogen) atoms. The van der Waals surface area contributed by atoms with Gasteiger partial charge in [-0.05, 0) is 36.3 Å². The number of nitrogens with two attached hydrogens (primary N) is 1. The molecule has 0 heterocycles. The minimum atomic E-state index is -3.48. The highest BCUT2D eigenvalue weighted by Gasteiger charge is 2.39. The zero-order valence-electron chi connectivity index (χ0n) is 13.9. The van der Waals surface area contributed by atoms with E-state index in [1.54, 1.807) is 6.07 Å². The first-order valence-electron chi connectivity index (χ1n) is 6.80. The zero-order valence-corrected chi connectivity index (χ0v) is 15.7. The van der Waals surface area contributed by atoms with Crippen LogP contribution >= 0.6 is 0 Å². The van der Waals surface area contributed by atoms with Crippen LogP contribution in [0.1, 0.15) is 20.8 Å². The molecule has 0 amide bonds. The van der Waals surface area contributed by atoms with Crippen molar-refractivity contribution in [1.29, 1.82) is 0 Å². The van der Waals surface area contributed by atoms with E-state index < -0.39 is 18.3 Å². The highest BCUT2D eigenvalue weighted by Crippen LogP contribution is 2.39. The maximum Gasteiger partial charge on any atom is 0.250 e. The molecule has 1 aromatic rings. The lowest BCUT2D eigenvalue weighted by atomic mass is 10.2. The molecule has 0 saturated heterocycles. The normalized spacial score (nSPS) is 13.5. The number of hydrogen-bond donors (Lipinski definition) is 1. The van der Waals surface area contributed by atoms with E-state index in [4.69, 9.17) is 10.2 Å². The van der Waals surface area contributed by atoms with Crippen molar-refractivity contribution >= 4 is 24.0 Å². The number of anilines is 1. The Bertz CT molecular complexity index is 620. The van der Waals surface area contributed by atoms with Crippen LogP contribution in [0, 0.1) is 0 Å². The lowest BCUT2D eigenvalue weighted by Gasteiger charge is -2.36. The molecule has 5 nitrogen and oxygen atoms in total. The Kier molecular flexibility index (Phi) is 4.82. The molecule has 2 N–H and O–H groups in total. The van der Waals surface area contributed by atoms with Gasteiger partial charge in [-0.25, -0.2) is 12.7 Å². The molecule has 0 aromatic heterocycles. The number of hydrogen-bond acceptors (Lipinski definition) is 4. The molecule has 0 bridgehead atoms. The quantitative estimate of drug-likeness (QED) is 0.680. The summed E-state index contributed by atoms with van der Waals surface area (Å²) in [6.45, 7) is 10.7. The second-order valence-corrected chi connectivity index (χ2v) is 13.7. The third-order valence-corrected chi connectivity index (χ3v) is 10.1. The van der Waals surface area contributed by atoms with E-state index in [1.807, 2.05) is 0 Å². The van der Waals surface area contributed by atoms with Gasteiger partial charge in [0.1, 0.15) is 5.75 Å². The number of benzene rings is 1. The molecule has 0 aliphatic carbocycles. The van der Waals surface area contributed by atoms with Crippen molar-refractivity contribution < 1.29 is 12.8 Å². The van der Waals surface area contributed by atoms with Gasteiger partial charge in [-0.3, -0.25) is 0 Å². The molecule has 7 heteroatoms. The monoisotopic (exact) mass is 330 g/mol. The van der Waals surface area contributed by atoms with Crippen molar-refractivity contribution in [3.05, 3.63) is 18.2 Å². The second kappa shape index (κ2) is 5.62. The first-order chi connectivity index (χ1) is 9.29. The molecular formula is C14H26N2O3SSi. The van der Waals surface area contributed by atoms with Crippen LogP contribution in [0.5, 0.6) is 5.75 Å². The molecule has 1 aromatic carbocycles. The van der Waals surface area contributed by atoms with Gasteiger partial charge in [0.25, 0.3) is 8.32 Å². The molecule has 0 saturated carbocycles. The average Bonchev–Trinajstić information content (AvgIpc) is 2.29. The Morgan fingerprint density at radius 3 is 2.10 bits per heavy atom. The van der Waals surface area contributed by atoms with E-state index in [9.17, 15) is 8.42 Å². The Hall–Kier alpha value is -1.05. The number of sulfonamides is 1. The van der Waals surface area contributed by atoms with Gasteiger partial charge in [0.05, 0.1) is 10.6 Å². The van der Waals surface area contributed by atoms with Gasteiger partial charge in [0.15, 0.2) is 0 Å². The average molecular weight is 331 g/mol. The van der Waals surface area contributed by atoms with Gasteiger partial charge < -0.3 is 10.2 Å². The van der Waals surface area contributed by atoms with Crippen LogP contribution in [0.4, 0.5) is 5.69 Å². The summed E-state index contributed by atoms with van der Waals surface area (Å²) in [5.74, 6) is 0.555. The minimum Gasteiger partial charge on any atom is -0.542 e. The Morgan fingerprint density at radius 1 is 1.19 bits per heavy atom. The fraction of sp³-hybridized carbons (Fsp3) is 0.571. The predicted octanol–water partition coefficient (Wildman–Crippen LogP) is 2.90. The van der Waals surface area contributed by atoms with Crippen LogP contribution in [0.2, 0.25) is 18.1 Å². The first-order valence-corrected chi connectivity index (χ1v) is 11.1. The molecule has 1 rings (SSSR count). The molecule has 0 atom stereocenters. The van der Waals surface area contributed by atoms with E-state index >= 15 is 0 Å². The topological polar surface area (TPSA) is 72.6 Å². The summed E-state index contributed by atoms with van der Waals surface area (Å²) in [6, 6.07) is 4.64. The van der Waals surface area contributed by atoms with E-state index in [2.05, 4.69) is 33.9 Å². The predicted molar refractivity (Wildman–Crippen MR) is 89.6 cm³/mol. The Balaban J connectivity index is 3.17. The third-order valence-electron chi connectivity index (χ3n) is 3.93. The van der Waals surface area contributed by atoms with Gasteiger partial charge in [0, 0.05) is 14.1 Å². The Labute approximate surface area is 129 Å². The van der Waals surface area contributed by atoms with Crippen LogP contribution in [-0.4, -0.2) is 35.1 Å². The van der Waals surface area contributed by atoms with E-state index in [-0.39, 0.29) is 9.93 Å². The molecule has 120 valence electrons. The molecule has 0 fully saturated rings. The third kappa shape index (κ3) is 3.78. The van der Waals surface area contributed by atoms with Crippen LogP contribution < -0.4 is 10.2 Å². The van der Waals surface area contributed by atoms with Crippen molar-refractivity contribution in [3.8, 4) is 5.75 Å². The molecular weight excluding hydrogens is 304 g/mol. The maximum atomic E-state index is 12.1. The van der Waals surface area contributed by atoms with Gasteiger partial charge in [-0.1, -0.05) is 20.8 Å². The van der Waals surface area contributed by atoms with Crippen molar-refractivity contribution in [2.45, 2.75) is 43.8 Å². The zero-order chi connectivity index (χ0) is 16.6. The lowest BCUT2D eigenvalue weighted by molar-refractivity contribution is 0.493. The van der Waals surface area contributed by atoms with Gasteiger partial charge >= 0.3 is 0 Å². The summed E-state index contributed by atoms with van der Waals surface area (Å²) in [6.07, 6.45) is 0. The maximum absolute atomic E-state index is 12.1. The molecule has 0 aliphatic heterocycles. The van der Waals surface area contributed by atoms with Crippen molar-refractivity contribution in [2.24, 2.45) is 0 Å². The van der Waals surface area contributed by atoms with Gasteiger partial charge in [0.2, 0.25) is 10.0 Å². The number of nitrogens with zero attached hydrogens (tertiary/aromatic N) is 1. The number of nitrogen functional groups attached to an aromatic ring is 1. The van der Waals surface area contributed by atoms with Crippen LogP contribution in [-0.2, 0) is 10.0 Å². The summed E-state index contributed by atoms with van der Waals surface area (Å²) >= 11 is 0. The molecule has 0 aliphatic rings. The highest BCUT2D eigenvalue weighted by molar-refractivity contribution is 7.89. The van der Waals surface area contributed by atoms with Crippen LogP contribution in [0.3, 0.4) is 0 Å². The fourth-order valence-electron chi connectivity index (χ4n) is 1.42.